The van der Waals surface area contributed by atoms with Crippen LogP contribution in [0.15, 0.2) is 54.6 Å². The van der Waals surface area contributed by atoms with E-state index in [0.717, 1.165) is 71.6 Å². The Labute approximate surface area is 274 Å². The summed E-state index contributed by atoms with van der Waals surface area (Å²) < 4.78 is 23.2. The third-order valence-corrected chi connectivity index (χ3v) is 10.7. The Bertz CT molecular complexity index is 1680. The molecule has 46 heavy (non-hydrogen) atoms. The molecule has 7 heteroatoms. The molecule has 0 radical (unpaired) electrons. The van der Waals surface area contributed by atoms with Crippen molar-refractivity contribution in [2.24, 2.45) is 10.8 Å². The first-order chi connectivity index (χ1) is 22.1. The van der Waals surface area contributed by atoms with E-state index in [1.165, 1.54) is 28.7 Å². The van der Waals surface area contributed by atoms with Gasteiger partial charge in [-0.25, -0.2) is 0 Å². The maximum atomic E-state index is 6.33. The minimum absolute atomic E-state index is 0.101. The Morgan fingerprint density at radius 3 is 2.28 bits per heavy atom. The third-order valence-electron chi connectivity index (χ3n) is 10.7. The van der Waals surface area contributed by atoms with Crippen LogP contribution >= 0.6 is 0 Å². The number of hydrogen-bond donors (Lipinski definition) is 1. The Kier molecular flexibility index (Phi) is 9.26. The highest BCUT2D eigenvalue weighted by atomic mass is 16.7. The van der Waals surface area contributed by atoms with Crippen LogP contribution in [0.2, 0.25) is 0 Å². The summed E-state index contributed by atoms with van der Waals surface area (Å²) in [5, 5.41) is 14.7. The first kappa shape index (κ1) is 32.3. The van der Waals surface area contributed by atoms with Crippen molar-refractivity contribution in [2.45, 2.75) is 92.1 Å². The molecule has 1 saturated heterocycles. The lowest BCUT2D eigenvalue weighted by Gasteiger charge is -2.34. The van der Waals surface area contributed by atoms with Crippen molar-refractivity contribution in [1.82, 2.24) is 10.2 Å². The van der Waals surface area contributed by atoms with Gasteiger partial charge in [0.1, 0.15) is 11.5 Å². The summed E-state index contributed by atoms with van der Waals surface area (Å²) >= 11 is 0. The van der Waals surface area contributed by atoms with Crippen molar-refractivity contribution < 1.29 is 18.9 Å². The van der Waals surface area contributed by atoms with E-state index in [9.17, 15) is 0 Å². The van der Waals surface area contributed by atoms with Crippen LogP contribution in [-0.2, 0) is 22.6 Å². The number of aryl methyl sites for hydroxylation is 1. The molecule has 0 amide bonds. The number of rotatable bonds is 10. The molecule has 1 unspecified atom stereocenters. The van der Waals surface area contributed by atoms with Gasteiger partial charge in [0.15, 0.2) is 12.1 Å². The van der Waals surface area contributed by atoms with Crippen molar-refractivity contribution in [3.63, 3.8) is 0 Å². The van der Waals surface area contributed by atoms with Crippen LogP contribution in [0.1, 0.15) is 88.1 Å². The van der Waals surface area contributed by atoms with Crippen molar-refractivity contribution in [3.8, 4) is 22.6 Å². The van der Waals surface area contributed by atoms with E-state index in [0.29, 0.717) is 19.1 Å². The molecular weight excluding hydrogens is 574 g/mol. The molecule has 2 fully saturated rings. The van der Waals surface area contributed by atoms with Crippen LogP contribution in [0.25, 0.3) is 21.9 Å². The minimum atomic E-state index is -0.101. The molecule has 244 valence electrons. The van der Waals surface area contributed by atoms with E-state index in [2.05, 4.69) is 79.6 Å². The van der Waals surface area contributed by atoms with Gasteiger partial charge >= 0.3 is 0 Å². The minimum Gasteiger partial charge on any atom is -0.497 e. The van der Waals surface area contributed by atoms with Gasteiger partial charge in [-0.15, -0.1) is 5.10 Å². The van der Waals surface area contributed by atoms with Crippen LogP contribution in [0.5, 0.6) is 11.5 Å². The normalized spacial score (nSPS) is 19.3. The average molecular weight is 624 g/mol. The topological polar surface area (TPSA) is 74.7 Å². The summed E-state index contributed by atoms with van der Waals surface area (Å²) in [6.07, 6.45) is 5.49. The summed E-state index contributed by atoms with van der Waals surface area (Å²) in [6.45, 7) is 13.6. The van der Waals surface area contributed by atoms with E-state index in [1.54, 1.807) is 14.2 Å². The molecule has 2 aliphatic rings. The number of methoxy groups -OCH3 is 2. The van der Waals surface area contributed by atoms with Gasteiger partial charge in [0, 0.05) is 35.6 Å². The second kappa shape index (κ2) is 13.2. The number of fused-ring (bicyclic) bond motifs is 1. The predicted octanol–water partition coefficient (Wildman–Crippen LogP) is 9.21. The summed E-state index contributed by atoms with van der Waals surface area (Å²) in [4.78, 5) is 0. The van der Waals surface area contributed by atoms with Gasteiger partial charge in [0.05, 0.1) is 26.5 Å². The monoisotopic (exact) mass is 623 g/mol. The fourth-order valence-electron chi connectivity index (χ4n) is 7.16. The zero-order valence-corrected chi connectivity index (χ0v) is 28.5. The summed E-state index contributed by atoms with van der Waals surface area (Å²) in [7, 11) is 3.33. The number of ether oxygens (including phenoxy) is 4. The van der Waals surface area contributed by atoms with Crippen molar-refractivity contribution in [3.05, 3.63) is 77.0 Å². The summed E-state index contributed by atoms with van der Waals surface area (Å²) in [6, 6.07) is 19.4. The molecule has 7 nitrogen and oxygen atoms in total. The zero-order chi connectivity index (χ0) is 32.5. The molecule has 1 saturated carbocycles. The van der Waals surface area contributed by atoms with Crippen LogP contribution in [-0.4, -0.2) is 37.3 Å². The quantitative estimate of drug-likeness (QED) is 0.189. The molecule has 2 heterocycles. The fraction of sp³-hybridized carbons (Fsp3) is 0.487. The molecule has 1 atom stereocenters. The second-order valence-electron chi connectivity index (χ2n) is 14.3. The Morgan fingerprint density at radius 2 is 1.57 bits per heavy atom. The van der Waals surface area contributed by atoms with E-state index in [-0.39, 0.29) is 17.1 Å². The molecule has 3 aromatic carbocycles. The molecule has 1 aliphatic carbocycles. The smallest absolute Gasteiger partial charge is 0.158 e. The third kappa shape index (κ3) is 6.58. The highest BCUT2D eigenvalue weighted by Gasteiger charge is 2.47. The number of anilines is 1. The average Bonchev–Trinajstić information content (AvgIpc) is 3.29. The Balaban J connectivity index is 1.30. The number of hydrogen-bond acceptors (Lipinski definition) is 7. The molecule has 4 aromatic rings. The lowest BCUT2D eigenvalue weighted by atomic mass is 9.71. The van der Waals surface area contributed by atoms with Gasteiger partial charge in [-0.1, -0.05) is 52.0 Å². The van der Waals surface area contributed by atoms with Crippen molar-refractivity contribution >= 4 is 16.6 Å². The van der Waals surface area contributed by atoms with Gasteiger partial charge < -0.3 is 24.3 Å². The van der Waals surface area contributed by atoms with Gasteiger partial charge in [-0.2, -0.15) is 5.10 Å². The molecular formula is C39H49N3O4. The van der Waals surface area contributed by atoms with Crippen LogP contribution in [0.3, 0.4) is 0 Å². The lowest BCUT2D eigenvalue weighted by Crippen LogP contribution is -2.25. The van der Waals surface area contributed by atoms with Crippen LogP contribution < -0.4 is 14.8 Å². The standard InChI is InChI=1S/C39H49N3O4/c1-25-33-18-27(14-16-32(33)37(42-41-25)40-23-28-13-15-31(43-6)20-35(28)44-7)26-11-12-29(24-46-36-10-8-9-17-45-36)34(19-26)30-21-38(2,3)39(4,5)22-30/h11-16,18-20,30,36H,8-10,17,21-24H2,1-7H3,(H,40,42). The summed E-state index contributed by atoms with van der Waals surface area (Å²) in [5.41, 5.74) is 7.51. The SMILES string of the molecule is COc1ccc(CNc2nnc(C)c3cc(-c4ccc(COC5CCCCO5)c(C5CC(C)(C)C(C)(C)C5)c4)ccc23)c(OC)c1. The number of benzene rings is 3. The lowest BCUT2D eigenvalue weighted by molar-refractivity contribution is -0.169. The van der Waals surface area contributed by atoms with E-state index >= 15 is 0 Å². The molecule has 0 bridgehead atoms. The highest BCUT2D eigenvalue weighted by molar-refractivity contribution is 5.95. The molecule has 1 aliphatic heterocycles. The van der Waals surface area contributed by atoms with Crippen LogP contribution in [0.4, 0.5) is 5.82 Å². The predicted molar refractivity (Wildman–Crippen MR) is 185 cm³/mol. The van der Waals surface area contributed by atoms with E-state index in [4.69, 9.17) is 18.9 Å². The molecule has 1 N–H and O–H groups in total. The largest absolute Gasteiger partial charge is 0.497 e. The maximum absolute atomic E-state index is 6.33. The Morgan fingerprint density at radius 1 is 0.826 bits per heavy atom. The number of aromatic nitrogens is 2. The number of nitrogens with one attached hydrogen (secondary N) is 1. The zero-order valence-electron chi connectivity index (χ0n) is 28.5. The highest BCUT2D eigenvalue weighted by Crippen LogP contribution is 2.58. The van der Waals surface area contributed by atoms with E-state index in [1.807, 2.05) is 25.1 Å². The molecule has 1 aromatic heterocycles. The molecule has 6 rings (SSSR count). The van der Waals surface area contributed by atoms with Gasteiger partial charge in [-0.3, -0.25) is 0 Å². The van der Waals surface area contributed by atoms with E-state index < -0.39 is 0 Å². The van der Waals surface area contributed by atoms with Gasteiger partial charge in [0.25, 0.3) is 0 Å². The van der Waals surface area contributed by atoms with Gasteiger partial charge in [-0.05, 0) is 102 Å². The fourth-order valence-corrected chi connectivity index (χ4v) is 7.16. The van der Waals surface area contributed by atoms with Crippen LogP contribution in [0, 0.1) is 17.8 Å². The van der Waals surface area contributed by atoms with Gasteiger partial charge in [0.2, 0.25) is 0 Å². The first-order valence-electron chi connectivity index (χ1n) is 16.7. The summed E-state index contributed by atoms with van der Waals surface area (Å²) in [5.74, 6) is 2.76. The Hall–Kier alpha value is -3.68. The molecule has 0 spiro atoms. The number of nitrogens with zero attached hydrogens (tertiary/aromatic N) is 2. The maximum Gasteiger partial charge on any atom is 0.158 e. The second-order valence-corrected chi connectivity index (χ2v) is 14.3. The van der Waals surface area contributed by atoms with Crippen molar-refractivity contribution in [1.29, 1.82) is 0 Å². The first-order valence-corrected chi connectivity index (χ1v) is 16.7. The van der Waals surface area contributed by atoms with Crippen molar-refractivity contribution in [2.75, 3.05) is 26.1 Å².